The van der Waals surface area contributed by atoms with E-state index in [1.54, 1.807) is 18.2 Å². The van der Waals surface area contributed by atoms with Crippen molar-refractivity contribution in [1.29, 1.82) is 0 Å². The first-order valence-electron chi connectivity index (χ1n) is 12.2. The van der Waals surface area contributed by atoms with Gasteiger partial charge in [-0.25, -0.2) is 0 Å². The molecule has 176 valence electrons. The maximum Gasteiger partial charge on any atom is 0.489 e. The molecule has 3 aromatic rings. The largest absolute Gasteiger partial charge is 0.493 e. The fourth-order valence-electron chi connectivity index (χ4n) is 4.86. The van der Waals surface area contributed by atoms with E-state index in [9.17, 15) is 20.1 Å². The van der Waals surface area contributed by atoms with Gasteiger partial charge in [0, 0.05) is 0 Å². The summed E-state index contributed by atoms with van der Waals surface area (Å²) in [6.07, 6.45) is 5.26. The standard InChI is InChI=1S/C27H32B2O5/c1-3-5-6-18(4-2)17-34-22-10-7-19(8-11-22)27-25-16-20-15-21(28(30)31)9-12-23(20)24(25)13-14-26(27)29(32)33/h7-15,18,30-33H,3-6,16-17H2,1-2H3. The minimum absolute atomic E-state index is 0.446. The van der Waals surface area contributed by atoms with E-state index in [1.807, 2.05) is 36.4 Å². The normalized spacial score (nSPS) is 12.8. The van der Waals surface area contributed by atoms with Gasteiger partial charge in [0.2, 0.25) is 0 Å². The maximum absolute atomic E-state index is 10.1. The van der Waals surface area contributed by atoms with Crippen LogP contribution in [0.2, 0.25) is 0 Å². The molecule has 5 nitrogen and oxygen atoms in total. The molecule has 0 aliphatic heterocycles. The summed E-state index contributed by atoms with van der Waals surface area (Å²) in [7, 11) is -3.12. The van der Waals surface area contributed by atoms with Crippen LogP contribution < -0.4 is 15.7 Å². The van der Waals surface area contributed by atoms with Gasteiger partial charge in [0.1, 0.15) is 5.75 Å². The molecule has 0 saturated heterocycles. The molecular formula is C27H32B2O5. The predicted octanol–water partition coefficient (Wildman–Crippen LogP) is 2.88. The lowest BCUT2D eigenvalue weighted by atomic mass is 9.73. The van der Waals surface area contributed by atoms with E-state index in [4.69, 9.17) is 4.74 Å². The van der Waals surface area contributed by atoms with Gasteiger partial charge in [-0.1, -0.05) is 75.6 Å². The lowest BCUT2D eigenvalue weighted by molar-refractivity contribution is 0.233. The van der Waals surface area contributed by atoms with Gasteiger partial charge in [-0.3, -0.25) is 0 Å². The summed E-state index contributed by atoms with van der Waals surface area (Å²) in [4.78, 5) is 0. The quantitative estimate of drug-likeness (QED) is 0.275. The van der Waals surface area contributed by atoms with Crippen LogP contribution in [0, 0.1) is 5.92 Å². The molecule has 0 spiro atoms. The van der Waals surface area contributed by atoms with E-state index in [0.717, 1.165) is 45.6 Å². The first-order valence-corrected chi connectivity index (χ1v) is 12.2. The second-order valence-electron chi connectivity index (χ2n) is 9.15. The van der Waals surface area contributed by atoms with Gasteiger partial charge >= 0.3 is 14.2 Å². The summed E-state index contributed by atoms with van der Waals surface area (Å²) in [5.41, 5.74) is 6.63. The van der Waals surface area contributed by atoms with Crippen molar-refractivity contribution in [3.63, 3.8) is 0 Å². The third kappa shape index (κ3) is 5.08. The Balaban J connectivity index is 1.63. The predicted molar refractivity (Wildman–Crippen MR) is 139 cm³/mol. The van der Waals surface area contributed by atoms with Crippen LogP contribution in [0.25, 0.3) is 22.3 Å². The summed E-state index contributed by atoms with van der Waals surface area (Å²) < 4.78 is 6.06. The summed E-state index contributed by atoms with van der Waals surface area (Å²) in [6, 6.07) is 16.9. The fourth-order valence-corrected chi connectivity index (χ4v) is 4.86. The molecule has 0 radical (unpaired) electrons. The van der Waals surface area contributed by atoms with Crippen molar-refractivity contribution in [2.75, 3.05) is 6.61 Å². The first-order chi connectivity index (χ1) is 16.4. The molecule has 1 aliphatic rings. The summed E-state index contributed by atoms with van der Waals surface area (Å²) in [5.74, 6) is 1.36. The van der Waals surface area contributed by atoms with Crippen molar-refractivity contribution >= 4 is 25.2 Å². The van der Waals surface area contributed by atoms with E-state index in [0.29, 0.717) is 29.9 Å². The lowest BCUT2D eigenvalue weighted by Gasteiger charge is -2.17. The Morgan fingerprint density at radius 3 is 2.26 bits per heavy atom. The van der Waals surface area contributed by atoms with Crippen LogP contribution in [0.3, 0.4) is 0 Å². The second-order valence-corrected chi connectivity index (χ2v) is 9.15. The summed E-state index contributed by atoms with van der Waals surface area (Å²) >= 11 is 0. The molecule has 34 heavy (non-hydrogen) atoms. The second kappa shape index (κ2) is 10.8. The molecule has 0 amide bonds. The average Bonchev–Trinajstić information content (AvgIpc) is 3.21. The van der Waals surface area contributed by atoms with Crippen LogP contribution in [-0.4, -0.2) is 40.9 Å². The van der Waals surface area contributed by atoms with Gasteiger partial charge in [0.15, 0.2) is 0 Å². The Morgan fingerprint density at radius 2 is 1.62 bits per heavy atom. The van der Waals surface area contributed by atoms with Gasteiger partial charge < -0.3 is 24.8 Å². The van der Waals surface area contributed by atoms with Gasteiger partial charge in [0.25, 0.3) is 0 Å². The molecule has 0 aromatic heterocycles. The average molecular weight is 458 g/mol. The zero-order valence-electron chi connectivity index (χ0n) is 19.9. The Morgan fingerprint density at radius 1 is 0.882 bits per heavy atom. The van der Waals surface area contributed by atoms with Crippen molar-refractivity contribution in [3.05, 3.63) is 65.7 Å². The molecule has 1 atom stereocenters. The highest BCUT2D eigenvalue weighted by molar-refractivity contribution is 6.60. The van der Waals surface area contributed by atoms with Crippen molar-refractivity contribution in [1.82, 2.24) is 0 Å². The van der Waals surface area contributed by atoms with Crippen LogP contribution in [-0.2, 0) is 6.42 Å². The van der Waals surface area contributed by atoms with E-state index >= 15 is 0 Å². The molecule has 0 heterocycles. The van der Waals surface area contributed by atoms with Crippen molar-refractivity contribution in [2.24, 2.45) is 5.92 Å². The third-order valence-electron chi connectivity index (χ3n) is 6.88. The number of hydrogen-bond acceptors (Lipinski definition) is 5. The van der Waals surface area contributed by atoms with Gasteiger partial charge in [-0.05, 0) is 75.2 Å². The van der Waals surface area contributed by atoms with Gasteiger partial charge in [-0.2, -0.15) is 0 Å². The topological polar surface area (TPSA) is 90.2 Å². The van der Waals surface area contributed by atoms with Gasteiger partial charge in [-0.15, -0.1) is 0 Å². The monoisotopic (exact) mass is 458 g/mol. The molecule has 4 rings (SSSR count). The van der Waals surface area contributed by atoms with Crippen molar-refractivity contribution < 1.29 is 24.8 Å². The Hall–Kier alpha value is -2.57. The fraction of sp³-hybridized carbons (Fsp3) is 0.333. The summed E-state index contributed by atoms with van der Waals surface area (Å²) in [6.45, 7) is 5.11. The van der Waals surface area contributed by atoms with E-state index in [1.165, 1.54) is 19.3 Å². The molecule has 0 saturated carbocycles. The van der Waals surface area contributed by atoms with Crippen LogP contribution in [0.4, 0.5) is 0 Å². The lowest BCUT2D eigenvalue weighted by Crippen LogP contribution is -2.32. The highest BCUT2D eigenvalue weighted by Crippen LogP contribution is 2.41. The molecular weight excluding hydrogens is 426 g/mol. The SMILES string of the molecule is CCCCC(CC)COc1ccc(-c2c(B(O)O)ccc3c2Cc2cc(B(O)O)ccc2-3)cc1. The van der Waals surface area contributed by atoms with Crippen LogP contribution in [0.15, 0.2) is 54.6 Å². The zero-order valence-corrected chi connectivity index (χ0v) is 19.9. The number of unbranched alkanes of at least 4 members (excludes halogenated alkanes) is 1. The Labute approximate surface area is 202 Å². The van der Waals surface area contributed by atoms with Crippen molar-refractivity contribution in [3.8, 4) is 28.0 Å². The minimum Gasteiger partial charge on any atom is -0.493 e. The maximum atomic E-state index is 10.1. The molecule has 7 heteroatoms. The number of rotatable bonds is 10. The van der Waals surface area contributed by atoms with E-state index < -0.39 is 14.2 Å². The molecule has 4 N–H and O–H groups in total. The molecule has 0 bridgehead atoms. The summed E-state index contributed by atoms with van der Waals surface area (Å²) in [5, 5.41) is 39.3. The zero-order chi connectivity index (χ0) is 24.2. The smallest absolute Gasteiger partial charge is 0.489 e. The molecule has 3 aromatic carbocycles. The minimum atomic E-state index is -1.60. The van der Waals surface area contributed by atoms with Crippen LogP contribution in [0.1, 0.15) is 50.7 Å². The van der Waals surface area contributed by atoms with E-state index in [-0.39, 0.29) is 0 Å². The third-order valence-corrected chi connectivity index (χ3v) is 6.88. The van der Waals surface area contributed by atoms with E-state index in [2.05, 4.69) is 13.8 Å². The molecule has 1 unspecified atom stereocenters. The first kappa shape index (κ1) is 24.6. The highest BCUT2D eigenvalue weighted by atomic mass is 16.5. The Kier molecular flexibility index (Phi) is 7.79. The Bertz CT molecular complexity index is 1130. The van der Waals surface area contributed by atoms with Gasteiger partial charge in [0.05, 0.1) is 6.61 Å². The van der Waals surface area contributed by atoms with Crippen molar-refractivity contribution in [2.45, 2.75) is 46.0 Å². The highest BCUT2D eigenvalue weighted by Gasteiger charge is 2.28. The number of hydrogen-bond donors (Lipinski definition) is 4. The van der Waals surface area contributed by atoms with Crippen LogP contribution in [0.5, 0.6) is 5.75 Å². The molecule has 0 fully saturated rings. The van der Waals surface area contributed by atoms with Crippen LogP contribution >= 0.6 is 0 Å². The number of ether oxygens (including phenoxy) is 1. The number of fused-ring (bicyclic) bond motifs is 3. The molecule has 1 aliphatic carbocycles. The number of benzene rings is 3.